The Bertz CT molecular complexity index is 1270. The molecule has 0 saturated carbocycles. The Morgan fingerprint density at radius 2 is 1.91 bits per heavy atom. The number of aromatic amines is 2. The fraction of sp³-hybridized carbons (Fsp3) is 0.263. The second kappa shape index (κ2) is 9.12. The van der Waals surface area contributed by atoms with Crippen LogP contribution < -0.4 is 4.90 Å². The number of alkyl halides is 3. The summed E-state index contributed by atoms with van der Waals surface area (Å²) in [6.07, 6.45) is -2.61. The molecule has 4 aromatic rings. The fourth-order valence-electron chi connectivity index (χ4n) is 3.10. The molecule has 0 aliphatic heterocycles. The number of amides is 1. The SMILES string of the molecule is O=C(c1ccc(C(F)(F)F)cc1)N(CCCCc1nn[nH]n1)c1ccc2[nH]c(=S)sc2n1. The van der Waals surface area contributed by atoms with E-state index >= 15 is 0 Å². The van der Waals surface area contributed by atoms with Crippen molar-refractivity contribution in [1.82, 2.24) is 30.6 Å². The van der Waals surface area contributed by atoms with Crippen LogP contribution in [0.15, 0.2) is 36.4 Å². The minimum atomic E-state index is -4.47. The largest absolute Gasteiger partial charge is 0.416 e. The quantitative estimate of drug-likeness (QED) is 0.298. The topological polar surface area (TPSA) is 103 Å². The van der Waals surface area contributed by atoms with E-state index in [1.165, 1.54) is 28.4 Å². The smallest absolute Gasteiger partial charge is 0.336 e. The normalized spacial score (nSPS) is 11.7. The van der Waals surface area contributed by atoms with Crippen molar-refractivity contribution in [3.8, 4) is 0 Å². The van der Waals surface area contributed by atoms with Crippen LogP contribution in [0.3, 0.4) is 0 Å². The fourth-order valence-corrected chi connectivity index (χ4v) is 4.15. The Balaban J connectivity index is 1.57. The molecular formula is C19H16F3N7OS2. The third-order valence-corrected chi connectivity index (χ3v) is 5.82. The summed E-state index contributed by atoms with van der Waals surface area (Å²) in [6, 6.07) is 7.61. The first-order chi connectivity index (χ1) is 15.3. The zero-order chi connectivity index (χ0) is 22.7. The Hall–Kier alpha value is -3.19. The number of aryl methyl sites for hydroxylation is 1. The number of anilines is 1. The van der Waals surface area contributed by atoms with Crippen molar-refractivity contribution in [2.45, 2.75) is 25.4 Å². The van der Waals surface area contributed by atoms with Gasteiger partial charge in [0.1, 0.15) is 10.6 Å². The highest BCUT2D eigenvalue weighted by Gasteiger charge is 2.30. The summed E-state index contributed by atoms with van der Waals surface area (Å²) < 4.78 is 39.2. The van der Waals surface area contributed by atoms with Crippen LogP contribution in [0.25, 0.3) is 10.3 Å². The zero-order valence-electron chi connectivity index (χ0n) is 16.4. The number of aromatic nitrogens is 6. The average molecular weight is 480 g/mol. The molecule has 1 amide bonds. The Kier molecular flexibility index (Phi) is 6.28. The summed E-state index contributed by atoms with van der Waals surface area (Å²) in [5, 5.41) is 13.7. The molecule has 0 bridgehead atoms. The number of halogens is 3. The van der Waals surface area contributed by atoms with Crippen molar-refractivity contribution in [1.29, 1.82) is 0 Å². The average Bonchev–Trinajstić information content (AvgIpc) is 3.41. The van der Waals surface area contributed by atoms with Gasteiger partial charge in [0.15, 0.2) is 9.78 Å². The lowest BCUT2D eigenvalue weighted by atomic mass is 10.1. The van der Waals surface area contributed by atoms with Gasteiger partial charge in [0.2, 0.25) is 0 Å². The first-order valence-electron chi connectivity index (χ1n) is 9.52. The van der Waals surface area contributed by atoms with E-state index in [9.17, 15) is 18.0 Å². The maximum Gasteiger partial charge on any atom is 0.416 e. The van der Waals surface area contributed by atoms with E-state index in [0.717, 1.165) is 17.6 Å². The molecule has 2 N–H and O–H groups in total. The molecule has 0 radical (unpaired) electrons. The molecule has 0 aliphatic carbocycles. The van der Waals surface area contributed by atoms with Crippen LogP contribution in [-0.2, 0) is 12.6 Å². The van der Waals surface area contributed by atoms with Gasteiger partial charge in [-0.2, -0.15) is 18.4 Å². The third kappa shape index (κ3) is 4.99. The Morgan fingerprint density at radius 3 is 2.59 bits per heavy atom. The van der Waals surface area contributed by atoms with Gasteiger partial charge in [0, 0.05) is 18.5 Å². The third-order valence-electron chi connectivity index (χ3n) is 4.67. The number of fused-ring (bicyclic) bond motifs is 1. The molecule has 3 heterocycles. The van der Waals surface area contributed by atoms with Gasteiger partial charge in [0.05, 0.1) is 11.1 Å². The summed E-state index contributed by atoms with van der Waals surface area (Å²) in [5.74, 6) is 0.522. The maximum atomic E-state index is 13.2. The van der Waals surface area contributed by atoms with Crippen LogP contribution in [0.1, 0.15) is 34.6 Å². The molecule has 8 nitrogen and oxygen atoms in total. The number of carbonyl (C=O) groups excluding carboxylic acids is 1. The number of H-pyrrole nitrogens is 2. The summed E-state index contributed by atoms with van der Waals surface area (Å²) in [5.41, 5.74) is 0.0786. The lowest BCUT2D eigenvalue weighted by Crippen LogP contribution is -2.32. The minimum Gasteiger partial charge on any atom is -0.336 e. The first kappa shape index (κ1) is 22.0. The van der Waals surface area contributed by atoms with E-state index < -0.39 is 17.6 Å². The number of hydrogen-bond acceptors (Lipinski definition) is 7. The number of nitrogens with zero attached hydrogens (tertiary/aromatic N) is 5. The van der Waals surface area contributed by atoms with Gasteiger partial charge in [-0.1, -0.05) is 16.6 Å². The Labute approximate surface area is 188 Å². The van der Waals surface area contributed by atoms with E-state index in [2.05, 4.69) is 30.6 Å². The summed E-state index contributed by atoms with van der Waals surface area (Å²) in [4.78, 5) is 22.9. The molecule has 13 heteroatoms. The van der Waals surface area contributed by atoms with Gasteiger partial charge in [-0.25, -0.2) is 4.98 Å². The van der Waals surface area contributed by atoms with Crippen molar-refractivity contribution in [3.63, 3.8) is 0 Å². The van der Waals surface area contributed by atoms with Crippen molar-refractivity contribution in [2.24, 2.45) is 0 Å². The van der Waals surface area contributed by atoms with Gasteiger partial charge >= 0.3 is 6.18 Å². The van der Waals surface area contributed by atoms with Crippen LogP contribution in [0.4, 0.5) is 19.0 Å². The highest BCUT2D eigenvalue weighted by Crippen LogP contribution is 2.30. The number of nitrogens with one attached hydrogen (secondary N) is 2. The monoisotopic (exact) mass is 479 g/mol. The number of thiazole rings is 1. The standard InChI is InChI=1S/C19H16F3N7OS2/c20-19(21,22)12-6-4-11(5-7-12)17(30)29(10-2-1-3-14-25-27-28-26-14)15-9-8-13-16(24-15)32-18(31)23-13/h4-9H,1-3,10H2,(H,23,31)(H,25,26,27,28). The van der Waals surface area contributed by atoms with Gasteiger partial charge in [-0.05, 0) is 61.5 Å². The Morgan fingerprint density at radius 1 is 1.12 bits per heavy atom. The van der Waals surface area contributed by atoms with Gasteiger partial charge in [-0.3, -0.25) is 9.69 Å². The van der Waals surface area contributed by atoms with E-state index in [1.807, 2.05) is 0 Å². The van der Waals surface area contributed by atoms with E-state index in [-0.39, 0.29) is 5.56 Å². The van der Waals surface area contributed by atoms with Gasteiger partial charge in [0.25, 0.3) is 5.91 Å². The van der Waals surface area contributed by atoms with E-state index in [4.69, 9.17) is 12.2 Å². The lowest BCUT2D eigenvalue weighted by molar-refractivity contribution is -0.137. The van der Waals surface area contributed by atoms with Crippen LogP contribution in [0, 0.1) is 3.95 Å². The van der Waals surface area contributed by atoms with Crippen LogP contribution in [-0.4, -0.2) is 43.0 Å². The van der Waals surface area contributed by atoms with Crippen molar-refractivity contribution in [2.75, 3.05) is 11.4 Å². The minimum absolute atomic E-state index is 0.139. The predicted molar refractivity (Wildman–Crippen MR) is 115 cm³/mol. The molecule has 0 fully saturated rings. The molecule has 3 aromatic heterocycles. The molecule has 0 spiro atoms. The number of rotatable bonds is 7. The molecule has 1 aromatic carbocycles. The number of tetrazole rings is 1. The van der Waals surface area contributed by atoms with Crippen LogP contribution in [0.5, 0.6) is 0 Å². The molecular weight excluding hydrogens is 463 g/mol. The summed E-state index contributed by atoms with van der Waals surface area (Å²) in [7, 11) is 0. The summed E-state index contributed by atoms with van der Waals surface area (Å²) in [6.45, 7) is 0.312. The molecule has 32 heavy (non-hydrogen) atoms. The number of unbranched alkanes of at least 4 members (excludes halogenated alkanes) is 1. The van der Waals surface area contributed by atoms with E-state index in [0.29, 0.717) is 46.2 Å². The number of pyridine rings is 1. The van der Waals surface area contributed by atoms with Crippen LogP contribution >= 0.6 is 23.6 Å². The molecule has 0 aliphatic rings. The summed E-state index contributed by atoms with van der Waals surface area (Å²) >= 11 is 6.43. The van der Waals surface area contributed by atoms with E-state index in [1.54, 1.807) is 12.1 Å². The maximum absolute atomic E-state index is 13.2. The lowest BCUT2D eigenvalue weighted by Gasteiger charge is -2.22. The molecule has 166 valence electrons. The molecule has 0 unspecified atom stereocenters. The second-order valence-electron chi connectivity index (χ2n) is 6.85. The van der Waals surface area contributed by atoms with Gasteiger partial charge < -0.3 is 4.98 Å². The van der Waals surface area contributed by atoms with Crippen molar-refractivity contribution < 1.29 is 18.0 Å². The predicted octanol–water partition coefficient (Wildman–Crippen LogP) is 4.56. The van der Waals surface area contributed by atoms with Gasteiger partial charge in [-0.15, -0.1) is 10.2 Å². The second-order valence-corrected chi connectivity index (χ2v) is 8.52. The molecule has 4 rings (SSSR count). The first-order valence-corrected chi connectivity index (χ1v) is 10.7. The van der Waals surface area contributed by atoms with Crippen molar-refractivity contribution >= 4 is 45.6 Å². The molecule has 0 saturated heterocycles. The number of benzene rings is 1. The zero-order valence-corrected chi connectivity index (χ0v) is 18.0. The highest BCUT2D eigenvalue weighted by molar-refractivity contribution is 7.73. The van der Waals surface area contributed by atoms with Crippen molar-refractivity contribution in [3.05, 3.63) is 57.3 Å². The number of hydrogen-bond donors (Lipinski definition) is 2. The molecule has 0 atom stereocenters. The highest BCUT2D eigenvalue weighted by atomic mass is 32.1. The van der Waals surface area contributed by atoms with Crippen LogP contribution in [0.2, 0.25) is 0 Å². The number of carbonyl (C=O) groups is 1.